The molecule has 3 nitrogen and oxygen atoms in total. The Morgan fingerprint density at radius 1 is 0.895 bits per heavy atom. The molecule has 0 unspecified atom stereocenters. The Bertz CT molecular complexity index is 517. The second-order valence-electron chi connectivity index (χ2n) is 3.97. The largest absolute Gasteiger partial charge is 0.490 e. The highest BCUT2D eigenvalue weighted by atomic mass is 35.5. The molecule has 0 radical (unpaired) electrons. The summed E-state index contributed by atoms with van der Waals surface area (Å²) in [5.74, 6) is 1.56. The predicted molar refractivity (Wildman–Crippen MR) is 76.8 cm³/mol. The van der Waals surface area contributed by atoms with Crippen LogP contribution in [0.1, 0.15) is 5.56 Å². The molecule has 2 aromatic carbocycles. The molecular weight excluding hydrogens is 262 g/mol. The monoisotopic (exact) mass is 277 g/mol. The zero-order valence-corrected chi connectivity index (χ0v) is 11.3. The van der Waals surface area contributed by atoms with Crippen molar-refractivity contribution in [2.75, 3.05) is 13.2 Å². The normalized spacial score (nSPS) is 10.2. The SMILES string of the molecule is NCc1ccc(OCCOc2ccccc2)cc1Cl. The van der Waals surface area contributed by atoms with E-state index in [1.165, 1.54) is 0 Å². The number of hydrogen-bond acceptors (Lipinski definition) is 3. The first kappa shape index (κ1) is 13.7. The van der Waals surface area contributed by atoms with E-state index in [0.29, 0.717) is 24.8 Å². The van der Waals surface area contributed by atoms with Crippen LogP contribution in [0.4, 0.5) is 0 Å². The molecule has 0 fully saturated rings. The van der Waals surface area contributed by atoms with Crippen LogP contribution < -0.4 is 15.2 Å². The molecule has 0 aliphatic heterocycles. The number of rotatable bonds is 6. The van der Waals surface area contributed by atoms with Crippen molar-refractivity contribution in [1.82, 2.24) is 0 Å². The van der Waals surface area contributed by atoms with Crippen LogP contribution in [0, 0.1) is 0 Å². The van der Waals surface area contributed by atoms with Crippen LogP contribution in [0.25, 0.3) is 0 Å². The number of halogens is 1. The summed E-state index contributed by atoms with van der Waals surface area (Å²) >= 11 is 6.05. The lowest BCUT2D eigenvalue weighted by Gasteiger charge is -2.09. The third-order valence-electron chi connectivity index (χ3n) is 2.61. The van der Waals surface area contributed by atoms with Gasteiger partial charge in [-0.3, -0.25) is 0 Å². The van der Waals surface area contributed by atoms with E-state index < -0.39 is 0 Å². The zero-order valence-electron chi connectivity index (χ0n) is 10.5. The first-order chi connectivity index (χ1) is 9.29. The minimum atomic E-state index is 0.427. The fourth-order valence-corrected chi connectivity index (χ4v) is 1.87. The van der Waals surface area contributed by atoms with Gasteiger partial charge in [-0.05, 0) is 29.8 Å². The molecule has 0 atom stereocenters. The lowest BCUT2D eigenvalue weighted by Crippen LogP contribution is -2.09. The Morgan fingerprint density at radius 3 is 2.21 bits per heavy atom. The van der Waals surface area contributed by atoms with Crippen molar-refractivity contribution in [2.24, 2.45) is 5.73 Å². The van der Waals surface area contributed by atoms with E-state index in [4.69, 9.17) is 26.8 Å². The molecular formula is C15H16ClNO2. The van der Waals surface area contributed by atoms with Crippen LogP contribution in [0.5, 0.6) is 11.5 Å². The Morgan fingerprint density at radius 2 is 1.58 bits per heavy atom. The standard InChI is InChI=1S/C15H16ClNO2/c16-15-10-14(7-6-12(15)11-17)19-9-8-18-13-4-2-1-3-5-13/h1-7,10H,8-9,11,17H2. The van der Waals surface area contributed by atoms with Crippen LogP contribution in [-0.2, 0) is 6.54 Å². The molecule has 0 aromatic heterocycles. The Balaban J connectivity index is 1.78. The molecule has 0 bridgehead atoms. The lowest BCUT2D eigenvalue weighted by molar-refractivity contribution is 0.217. The van der Waals surface area contributed by atoms with Crippen molar-refractivity contribution >= 4 is 11.6 Å². The second kappa shape index (κ2) is 7.02. The minimum absolute atomic E-state index is 0.427. The zero-order chi connectivity index (χ0) is 13.5. The molecule has 0 spiro atoms. The molecule has 19 heavy (non-hydrogen) atoms. The number of hydrogen-bond donors (Lipinski definition) is 1. The highest BCUT2D eigenvalue weighted by Gasteiger charge is 2.01. The van der Waals surface area contributed by atoms with E-state index in [-0.39, 0.29) is 0 Å². The van der Waals surface area contributed by atoms with Gasteiger partial charge < -0.3 is 15.2 Å². The van der Waals surface area contributed by atoms with E-state index >= 15 is 0 Å². The molecule has 2 rings (SSSR count). The summed E-state index contributed by atoms with van der Waals surface area (Å²) in [7, 11) is 0. The Labute approximate surface area is 117 Å². The molecule has 0 saturated heterocycles. The maximum absolute atomic E-state index is 6.05. The molecule has 0 aliphatic carbocycles. The lowest BCUT2D eigenvalue weighted by atomic mass is 10.2. The van der Waals surface area contributed by atoms with Crippen molar-refractivity contribution < 1.29 is 9.47 Å². The average Bonchev–Trinajstić information content (AvgIpc) is 2.45. The van der Waals surface area contributed by atoms with E-state index in [2.05, 4.69) is 0 Å². The fraction of sp³-hybridized carbons (Fsp3) is 0.200. The van der Waals surface area contributed by atoms with Gasteiger partial charge in [0.1, 0.15) is 24.7 Å². The Kier molecular flexibility index (Phi) is 5.07. The van der Waals surface area contributed by atoms with E-state index in [9.17, 15) is 0 Å². The van der Waals surface area contributed by atoms with E-state index in [0.717, 1.165) is 17.1 Å². The van der Waals surface area contributed by atoms with Gasteiger partial charge in [0.25, 0.3) is 0 Å². The highest BCUT2D eigenvalue weighted by Crippen LogP contribution is 2.22. The summed E-state index contributed by atoms with van der Waals surface area (Å²) in [5.41, 5.74) is 6.45. The molecule has 2 N–H and O–H groups in total. The second-order valence-corrected chi connectivity index (χ2v) is 4.37. The molecule has 0 aliphatic rings. The van der Waals surface area contributed by atoms with Crippen LogP contribution >= 0.6 is 11.6 Å². The predicted octanol–water partition coefficient (Wildman–Crippen LogP) is 3.26. The topological polar surface area (TPSA) is 44.5 Å². The summed E-state index contributed by atoms with van der Waals surface area (Å²) in [6.07, 6.45) is 0. The summed E-state index contributed by atoms with van der Waals surface area (Å²) in [6.45, 7) is 1.38. The first-order valence-electron chi connectivity index (χ1n) is 6.09. The van der Waals surface area contributed by atoms with Gasteiger partial charge in [0.15, 0.2) is 0 Å². The highest BCUT2D eigenvalue weighted by molar-refractivity contribution is 6.31. The molecule has 0 amide bonds. The van der Waals surface area contributed by atoms with Crippen molar-refractivity contribution in [3.63, 3.8) is 0 Å². The van der Waals surface area contributed by atoms with Gasteiger partial charge in [-0.1, -0.05) is 35.9 Å². The van der Waals surface area contributed by atoms with Crippen LogP contribution in [0.15, 0.2) is 48.5 Å². The van der Waals surface area contributed by atoms with Crippen molar-refractivity contribution in [3.8, 4) is 11.5 Å². The number of ether oxygens (including phenoxy) is 2. The van der Waals surface area contributed by atoms with E-state index in [1.807, 2.05) is 42.5 Å². The van der Waals surface area contributed by atoms with Gasteiger partial charge in [0, 0.05) is 11.6 Å². The number of nitrogens with two attached hydrogens (primary N) is 1. The van der Waals surface area contributed by atoms with Crippen molar-refractivity contribution in [1.29, 1.82) is 0 Å². The van der Waals surface area contributed by atoms with Gasteiger partial charge in [-0.25, -0.2) is 0 Å². The van der Waals surface area contributed by atoms with Crippen molar-refractivity contribution in [2.45, 2.75) is 6.54 Å². The van der Waals surface area contributed by atoms with E-state index in [1.54, 1.807) is 6.07 Å². The van der Waals surface area contributed by atoms with Crippen LogP contribution in [-0.4, -0.2) is 13.2 Å². The molecule has 2 aromatic rings. The van der Waals surface area contributed by atoms with Crippen LogP contribution in [0.2, 0.25) is 5.02 Å². The van der Waals surface area contributed by atoms with Gasteiger partial charge in [-0.2, -0.15) is 0 Å². The van der Waals surface area contributed by atoms with Gasteiger partial charge >= 0.3 is 0 Å². The van der Waals surface area contributed by atoms with Gasteiger partial charge in [0.2, 0.25) is 0 Å². The van der Waals surface area contributed by atoms with Crippen LogP contribution in [0.3, 0.4) is 0 Å². The smallest absolute Gasteiger partial charge is 0.122 e. The third-order valence-corrected chi connectivity index (χ3v) is 2.96. The number of para-hydroxylation sites is 1. The first-order valence-corrected chi connectivity index (χ1v) is 6.46. The van der Waals surface area contributed by atoms with Gasteiger partial charge in [0.05, 0.1) is 0 Å². The summed E-state index contributed by atoms with van der Waals surface area (Å²) < 4.78 is 11.1. The molecule has 0 heterocycles. The van der Waals surface area contributed by atoms with Crippen molar-refractivity contribution in [3.05, 3.63) is 59.1 Å². The summed E-state index contributed by atoms with van der Waals surface area (Å²) in [4.78, 5) is 0. The molecule has 0 saturated carbocycles. The average molecular weight is 278 g/mol. The van der Waals surface area contributed by atoms with Gasteiger partial charge in [-0.15, -0.1) is 0 Å². The quantitative estimate of drug-likeness (QED) is 0.825. The minimum Gasteiger partial charge on any atom is -0.490 e. The third kappa shape index (κ3) is 4.16. The number of benzene rings is 2. The maximum atomic E-state index is 6.05. The summed E-state index contributed by atoms with van der Waals surface area (Å²) in [5, 5.41) is 0.629. The fourth-order valence-electron chi connectivity index (χ4n) is 1.62. The maximum Gasteiger partial charge on any atom is 0.122 e. The Hall–Kier alpha value is -1.71. The molecule has 4 heteroatoms. The molecule has 100 valence electrons. The summed E-state index contributed by atoms with van der Waals surface area (Å²) in [6, 6.07) is 15.1.